The van der Waals surface area contributed by atoms with Crippen LogP contribution in [0.3, 0.4) is 0 Å². The summed E-state index contributed by atoms with van der Waals surface area (Å²) in [6.07, 6.45) is 0.317. The monoisotopic (exact) mass is 336 g/mol. The number of hydrogen-bond donors (Lipinski definition) is 1. The second-order valence-corrected chi connectivity index (χ2v) is 6.27. The van der Waals surface area contributed by atoms with Gasteiger partial charge in [-0.05, 0) is 19.1 Å². The van der Waals surface area contributed by atoms with E-state index in [0.717, 1.165) is 0 Å². The van der Waals surface area contributed by atoms with Crippen LogP contribution in [0.1, 0.15) is 19.1 Å². The minimum atomic E-state index is -1.08. The molecule has 0 spiro atoms. The van der Waals surface area contributed by atoms with Crippen LogP contribution in [-0.4, -0.2) is 64.5 Å². The van der Waals surface area contributed by atoms with Crippen molar-refractivity contribution in [1.29, 1.82) is 0 Å². The summed E-state index contributed by atoms with van der Waals surface area (Å²) < 4.78 is 10.6. The highest BCUT2D eigenvalue weighted by atomic mass is 16.5. The molecule has 2 aliphatic heterocycles. The van der Waals surface area contributed by atoms with E-state index in [9.17, 15) is 14.4 Å². The summed E-state index contributed by atoms with van der Waals surface area (Å²) >= 11 is 0. The number of aliphatic carboxylic acids is 1. The number of carbonyl (C=O) groups excluding carboxylic acids is 2. The lowest BCUT2D eigenvalue weighted by Gasteiger charge is -2.36. The summed E-state index contributed by atoms with van der Waals surface area (Å²) in [5.74, 6) is -1.15. The van der Waals surface area contributed by atoms with Crippen molar-refractivity contribution in [3.63, 3.8) is 0 Å². The van der Waals surface area contributed by atoms with Crippen LogP contribution in [0.15, 0.2) is 22.8 Å². The van der Waals surface area contributed by atoms with Crippen molar-refractivity contribution >= 4 is 17.8 Å². The molecule has 3 atom stereocenters. The van der Waals surface area contributed by atoms with Crippen LogP contribution in [0.2, 0.25) is 0 Å². The summed E-state index contributed by atoms with van der Waals surface area (Å²) in [6.45, 7) is 2.75. The predicted molar refractivity (Wildman–Crippen MR) is 80.8 cm³/mol. The second kappa shape index (κ2) is 6.64. The number of rotatable bonds is 4. The van der Waals surface area contributed by atoms with Crippen LogP contribution in [0, 0.1) is 5.92 Å². The maximum Gasteiger partial charge on any atom is 0.334 e. The first-order valence-electron chi connectivity index (χ1n) is 7.91. The lowest BCUT2D eigenvalue weighted by atomic mass is 10.1. The van der Waals surface area contributed by atoms with Gasteiger partial charge in [-0.15, -0.1) is 0 Å². The zero-order valence-corrected chi connectivity index (χ0v) is 13.4. The summed E-state index contributed by atoms with van der Waals surface area (Å²) in [6, 6.07) is 3.53. The Bertz CT molecular complexity index is 629. The topological polar surface area (TPSA) is 100 Å². The van der Waals surface area contributed by atoms with E-state index >= 15 is 0 Å². The van der Waals surface area contributed by atoms with E-state index in [4.69, 9.17) is 14.3 Å². The van der Waals surface area contributed by atoms with Crippen LogP contribution >= 0.6 is 0 Å². The Morgan fingerprint density at radius 1 is 1.33 bits per heavy atom. The Labute approximate surface area is 139 Å². The first-order chi connectivity index (χ1) is 11.4. The third-order valence-electron chi connectivity index (χ3n) is 4.34. The minimum absolute atomic E-state index is 0.0153. The van der Waals surface area contributed by atoms with Gasteiger partial charge in [-0.25, -0.2) is 4.79 Å². The number of carboxylic acid groups (broad SMARTS) is 1. The molecule has 3 rings (SSSR count). The Balaban J connectivity index is 1.63. The SMILES string of the molecule is C[C@@H]1CN(C(=O)C2CC(=O)N(Cc3ccco3)C2)CC(C(=O)O)O1. The summed E-state index contributed by atoms with van der Waals surface area (Å²) in [5, 5.41) is 9.11. The molecule has 2 fully saturated rings. The van der Waals surface area contributed by atoms with Gasteiger partial charge in [-0.2, -0.15) is 0 Å². The van der Waals surface area contributed by atoms with E-state index in [1.807, 2.05) is 0 Å². The molecule has 0 radical (unpaired) electrons. The van der Waals surface area contributed by atoms with Crippen LogP contribution in [0.5, 0.6) is 0 Å². The number of carbonyl (C=O) groups is 3. The maximum atomic E-state index is 12.7. The van der Waals surface area contributed by atoms with E-state index in [1.54, 1.807) is 30.2 Å². The van der Waals surface area contributed by atoms with Gasteiger partial charge in [-0.3, -0.25) is 9.59 Å². The molecular formula is C16H20N2O6. The van der Waals surface area contributed by atoms with Crippen molar-refractivity contribution in [2.24, 2.45) is 5.92 Å². The lowest BCUT2D eigenvalue weighted by Crippen LogP contribution is -2.53. The fourth-order valence-corrected chi connectivity index (χ4v) is 3.21. The molecule has 2 unspecified atom stereocenters. The van der Waals surface area contributed by atoms with Gasteiger partial charge in [0.25, 0.3) is 0 Å². The molecule has 2 aliphatic rings. The molecule has 0 saturated carbocycles. The quantitative estimate of drug-likeness (QED) is 0.850. The molecule has 2 saturated heterocycles. The number of furan rings is 1. The summed E-state index contributed by atoms with van der Waals surface area (Å²) in [7, 11) is 0. The van der Waals surface area contributed by atoms with Gasteiger partial charge in [0.15, 0.2) is 6.10 Å². The van der Waals surface area contributed by atoms with Gasteiger partial charge >= 0.3 is 5.97 Å². The molecular weight excluding hydrogens is 316 g/mol. The van der Waals surface area contributed by atoms with Crippen molar-refractivity contribution in [3.8, 4) is 0 Å². The second-order valence-electron chi connectivity index (χ2n) is 6.27. The molecule has 3 heterocycles. The minimum Gasteiger partial charge on any atom is -0.479 e. The molecule has 2 amide bonds. The van der Waals surface area contributed by atoms with Gasteiger partial charge in [0, 0.05) is 19.5 Å². The van der Waals surface area contributed by atoms with Crippen LogP contribution in [-0.2, 0) is 25.7 Å². The number of morpholine rings is 1. The Hall–Kier alpha value is -2.35. The maximum absolute atomic E-state index is 12.7. The van der Waals surface area contributed by atoms with E-state index in [2.05, 4.69) is 0 Å². The normalized spacial score (nSPS) is 27.5. The zero-order chi connectivity index (χ0) is 17.3. The van der Waals surface area contributed by atoms with E-state index in [1.165, 1.54) is 4.90 Å². The largest absolute Gasteiger partial charge is 0.479 e. The number of nitrogens with zero attached hydrogens (tertiary/aromatic N) is 2. The molecule has 24 heavy (non-hydrogen) atoms. The van der Waals surface area contributed by atoms with E-state index < -0.39 is 18.0 Å². The highest BCUT2D eigenvalue weighted by molar-refractivity contribution is 5.89. The highest BCUT2D eigenvalue weighted by Crippen LogP contribution is 2.24. The van der Waals surface area contributed by atoms with Crippen molar-refractivity contribution in [1.82, 2.24) is 9.80 Å². The fourth-order valence-electron chi connectivity index (χ4n) is 3.21. The average molecular weight is 336 g/mol. The Kier molecular flexibility index (Phi) is 4.57. The number of likely N-dealkylation sites (tertiary alicyclic amines) is 1. The molecule has 0 aromatic carbocycles. The molecule has 8 nitrogen and oxygen atoms in total. The number of amides is 2. The van der Waals surface area contributed by atoms with Crippen molar-refractivity contribution in [2.45, 2.75) is 32.1 Å². The van der Waals surface area contributed by atoms with Gasteiger partial charge in [0.1, 0.15) is 5.76 Å². The summed E-state index contributed by atoms with van der Waals surface area (Å²) in [5.41, 5.74) is 0. The van der Waals surface area contributed by atoms with Crippen LogP contribution < -0.4 is 0 Å². The standard InChI is InChI=1S/C16H20N2O6/c1-10-6-18(9-13(24-10)16(21)22)15(20)11-5-14(19)17(7-11)8-12-3-2-4-23-12/h2-4,10-11,13H,5-9H2,1H3,(H,21,22)/t10-,11?,13?/m1/s1. The fraction of sp³-hybridized carbons (Fsp3) is 0.562. The van der Waals surface area contributed by atoms with Crippen LogP contribution in [0.25, 0.3) is 0 Å². The van der Waals surface area contributed by atoms with Gasteiger partial charge in [-0.1, -0.05) is 0 Å². The smallest absolute Gasteiger partial charge is 0.334 e. The number of ether oxygens (including phenoxy) is 1. The van der Waals surface area contributed by atoms with Gasteiger partial charge in [0.05, 0.1) is 31.4 Å². The predicted octanol–water partition coefficient (Wildman–Crippen LogP) is 0.329. The van der Waals surface area contributed by atoms with Gasteiger partial charge in [0.2, 0.25) is 11.8 Å². The molecule has 1 aromatic heterocycles. The third-order valence-corrected chi connectivity index (χ3v) is 4.34. The average Bonchev–Trinajstić information content (AvgIpc) is 3.17. The van der Waals surface area contributed by atoms with Crippen molar-refractivity contribution < 1.29 is 28.6 Å². The number of carboxylic acids is 1. The molecule has 130 valence electrons. The zero-order valence-electron chi connectivity index (χ0n) is 13.4. The number of hydrogen-bond acceptors (Lipinski definition) is 5. The molecule has 8 heteroatoms. The first-order valence-corrected chi connectivity index (χ1v) is 7.91. The van der Waals surface area contributed by atoms with Gasteiger partial charge < -0.3 is 24.1 Å². The van der Waals surface area contributed by atoms with Crippen molar-refractivity contribution in [2.75, 3.05) is 19.6 Å². The highest BCUT2D eigenvalue weighted by Gasteiger charge is 2.40. The molecule has 0 aliphatic carbocycles. The molecule has 0 bridgehead atoms. The molecule has 1 N–H and O–H groups in total. The third kappa shape index (κ3) is 3.43. The van der Waals surface area contributed by atoms with Crippen molar-refractivity contribution in [3.05, 3.63) is 24.2 Å². The van der Waals surface area contributed by atoms with Crippen LogP contribution in [0.4, 0.5) is 0 Å². The lowest BCUT2D eigenvalue weighted by molar-refractivity contribution is -0.167. The Morgan fingerprint density at radius 3 is 2.79 bits per heavy atom. The molecule has 1 aromatic rings. The van der Waals surface area contributed by atoms with E-state index in [0.29, 0.717) is 25.4 Å². The van der Waals surface area contributed by atoms with E-state index in [-0.39, 0.29) is 30.9 Å². The Morgan fingerprint density at radius 2 is 2.12 bits per heavy atom. The first kappa shape index (κ1) is 16.5. The summed E-state index contributed by atoms with van der Waals surface area (Å²) in [4.78, 5) is 39.0.